The van der Waals surface area contributed by atoms with Gasteiger partial charge in [0.2, 0.25) is 0 Å². The monoisotopic (exact) mass is 342 g/mol. The molecule has 0 N–H and O–H groups in total. The largest absolute Gasteiger partial charge is 0.253 e. The Kier molecular flexibility index (Phi) is 3.50. The number of rotatable bonds is 2. The van der Waals surface area contributed by atoms with Crippen LogP contribution >= 0.6 is 31.9 Å². The molecule has 0 amide bonds. The third-order valence-corrected chi connectivity index (χ3v) is 3.63. The Bertz CT molecular complexity index is 518. The summed E-state index contributed by atoms with van der Waals surface area (Å²) in [6, 6.07) is 8.44. The fourth-order valence-corrected chi connectivity index (χ4v) is 2.69. The second-order valence-electron chi connectivity index (χ2n) is 3.87. The molecule has 1 aromatic carbocycles. The molecule has 1 heterocycles. The normalized spacial score (nSPS) is 10.8. The van der Waals surface area contributed by atoms with Crippen LogP contribution < -0.4 is 0 Å². The molecule has 0 aliphatic rings. The van der Waals surface area contributed by atoms with Crippen molar-refractivity contribution in [2.75, 3.05) is 0 Å². The van der Waals surface area contributed by atoms with Crippen molar-refractivity contribution in [1.29, 1.82) is 0 Å². The van der Waals surface area contributed by atoms with Crippen LogP contribution in [-0.2, 0) is 6.54 Å². The lowest BCUT2D eigenvalue weighted by atomic mass is 10.1. The molecule has 1 aromatic heterocycles. The molecule has 0 radical (unpaired) electrons. The Morgan fingerprint density at radius 2 is 1.88 bits per heavy atom. The predicted molar refractivity (Wildman–Crippen MR) is 72.6 cm³/mol. The number of hydrogen-bond donors (Lipinski definition) is 0. The second kappa shape index (κ2) is 4.72. The van der Waals surface area contributed by atoms with Crippen LogP contribution in [0.15, 0.2) is 33.5 Å². The molecule has 2 rings (SSSR count). The number of aromatic nitrogens is 2. The van der Waals surface area contributed by atoms with E-state index in [1.165, 1.54) is 16.7 Å². The summed E-state index contributed by atoms with van der Waals surface area (Å²) in [6.07, 6.45) is 0. The van der Waals surface area contributed by atoms with Crippen molar-refractivity contribution in [1.82, 2.24) is 9.78 Å². The smallest absolute Gasteiger partial charge is 0.129 e. The number of nitrogens with zero attached hydrogens (tertiary/aromatic N) is 2. The van der Waals surface area contributed by atoms with E-state index in [1.807, 2.05) is 10.7 Å². The van der Waals surface area contributed by atoms with Gasteiger partial charge in [-0.15, -0.1) is 0 Å². The van der Waals surface area contributed by atoms with E-state index in [9.17, 15) is 0 Å². The maximum absolute atomic E-state index is 4.34. The third-order valence-electron chi connectivity index (χ3n) is 2.60. The Labute approximate surface area is 112 Å². The minimum absolute atomic E-state index is 0.785. The van der Waals surface area contributed by atoms with Crippen LogP contribution in [0.3, 0.4) is 0 Å². The molecule has 16 heavy (non-hydrogen) atoms. The SMILES string of the molecule is Cc1ccc(Cn2nc(Br)cc2Br)cc1C. The van der Waals surface area contributed by atoms with Crippen LogP contribution in [0.1, 0.15) is 16.7 Å². The number of hydrogen-bond acceptors (Lipinski definition) is 1. The van der Waals surface area contributed by atoms with Gasteiger partial charge in [0, 0.05) is 6.07 Å². The van der Waals surface area contributed by atoms with Gasteiger partial charge in [-0.25, -0.2) is 0 Å². The third kappa shape index (κ3) is 2.55. The van der Waals surface area contributed by atoms with E-state index < -0.39 is 0 Å². The van der Waals surface area contributed by atoms with Crippen LogP contribution in [0.4, 0.5) is 0 Å². The summed E-state index contributed by atoms with van der Waals surface area (Å²) in [4.78, 5) is 0. The first-order chi connectivity index (χ1) is 7.56. The van der Waals surface area contributed by atoms with E-state index in [4.69, 9.17) is 0 Å². The molecular weight excluding hydrogens is 332 g/mol. The van der Waals surface area contributed by atoms with Gasteiger partial charge in [0.25, 0.3) is 0 Å². The maximum atomic E-state index is 4.34. The Hall–Kier alpha value is -0.610. The molecule has 0 spiro atoms. The average molecular weight is 344 g/mol. The van der Waals surface area contributed by atoms with Gasteiger partial charge in [-0.05, 0) is 62.4 Å². The molecule has 0 atom stereocenters. The zero-order valence-electron chi connectivity index (χ0n) is 9.17. The zero-order chi connectivity index (χ0) is 11.7. The quantitative estimate of drug-likeness (QED) is 0.803. The van der Waals surface area contributed by atoms with Gasteiger partial charge in [0.1, 0.15) is 9.21 Å². The van der Waals surface area contributed by atoms with Gasteiger partial charge in [-0.3, -0.25) is 4.68 Å². The summed E-state index contributed by atoms with van der Waals surface area (Å²) in [5, 5.41) is 4.34. The lowest BCUT2D eigenvalue weighted by Crippen LogP contribution is -2.02. The van der Waals surface area contributed by atoms with Gasteiger partial charge in [0.05, 0.1) is 6.54 Å². The van der Waals surface area contributed by atoms with Gasteiger partial charge >= 0.3 is 0 Å². The minimum atomic E-state index is 0.785. The van der Waals surface area contributed by atoms with Gasteiger partial charge in [0.15, 0.2) is 0 Å². The molecular formula is C12H12Br2N2. The summed E-state index contributed by atoms with van der Waals surface area (Å²) in [6.45, 7) is 5.04. The van der Waals surface area contributed by atoms with E-state index in [1.54, 1.807) is 0 Å². The van der Waals surface area contributed by atoms with Crippen molar-refractivity contribution in [3.8, 4) is 0 Å². The van der Waals surface area contributed by atoms with E-state index in [2.05, 4.69) is 69.0 Å². The van der Waals surface area contributed by atoms with Crippen LogP contribution in [0.2, 0.25) is 0 Å². The van der Waals surface area contributed by atoms with E-state index in [-0.39, 0.29) is 0 Å². The lowest BCUT2D eigenvalue weighted by Gasteiger charge is -2.06. The molecule has 0 fully saturated rings. The molecule has 0 saturated heterocycles. The van der Waals surface area contributed by atoms with Gasteiger partial charge in [-0.1, -0.05) is 18.2 Å². The zero-order valence-corrected chi connectivity index (χ0v) is 12.3. The molecule has 2 aromatic rings. The van der Waals surface area contributed by atoms with Crippen molar-refractivity contribution < 1.29 is 0 Å². The Balaban J connectivity index is 2.27. The number of halogens is 2. The van der Waals surface area contributed by atoms with Crippen LogP contribution in [0, 0.1) is 13.8 Å². The standard InChI is InChI=1S/C12H12Br2N2/c1-8-3-4-10(5-9(8)2)7-16-12(14)6-11(13)15-16/h3-6H,7H2,1-2H3. The summed E-state index contributed by atoms with van der Waals surface area (Å²) >= 11 is 6.84. The van der Waals surface area contributed by atoms with Crippen molar-refractivity contribution in [3.63, 3.8) is 0 Å². The summed E-state index contributed by atoms with van der Waals surface area (Å²) < 4.78 is 3.76. The second-order valence-corrected chi connectivity index (χ2v) is 5.49. The van der Waals surface area contributed by atoms with Crippen molar-refractivity contribution in [2.24, 2.45) is 0 Å². The molecule has 84 valence electrons. The summed E-state index contributed by atoms with van der Waals surface area (Å²) in [7, 11) is 0. The Morgan fingerprint density at radius 3 is 2.44 bits per heavy atom. The van der Waals surface area contributed by atoms with Crippen molar-refractivity contribution in [3.05, 3.63) is 50.2 Å². The van der Waals surface area contributed by atoms with E-state index >= 15 is 0 Å². The highest BCUT2D eigenvalue weighted by molar-refractivity contribution is 9.11. The molecule has 0 aliphatic heterocycles. The molecule has 0 aliphatic carbocycles. The Morgan fingerprint density at radius 1 is 1.12 bits per heavy atom. The first-order valence-corrected chi connectivity index (χ1v) is 6.60. The molecule has 0 unspecified atom stereocenters. The number of aryl methyl sites for hydroxylation is 2. The average Bonchev–Trinajstić information content (AvgIpc) is 2.51. The first-order valence-electron chi connectivity index (χ1n) is 5.01. The van der Waals surface area contributed by atoms with Crippen LogP contribution in [0.5, 0.6) is 0 Å². The van der Waals surface area contributed by atoms with E-state index in [0.29, 0.717) is 0 Å². The molecule has 4 heteroatoms. The fourth-order valence-electron chi connectivity index (χ4n) is 1.55. The maximum Gasteiger partial charge on any atom is 0.129 e. The number of benzene rings is 1. The molecule has 0 saturated carbocycles. The highest BCUT2D eigenvalue weighted by Crippen LogP contribution is 2.18. The molecule has 0 bridgehead atoms. The highest BCUT2D eigenvalue weighted by atomic mass is 79.9. The van der Waals surface area contributed by atoms with Crippen molar-refractivity contribution in [2.45, 2.75) is 20.4 Å². The lowest BCUT2D eigenvalue weighted by molar-refractivity contribution is 0.666. The fraction of sp³-hybridized carbons (Fsp3) is 0.250. The van der Waals surface area contributed by atoms with Gasteiger partial charge in [-0.2, -0.15) is 5.10 Å². The first kappa shape index (κ1) is 11.9. The highest BCUT2D eigenvalue weighted by Gasteiger charge is 2.04. The van der Waals surface area contributed by atoms with Crippen LogP contribution in [0.25, 0.3) is 0 Å². The van der Waals surface area contributed by atoms with Gasteiger partial charge < -0.3 is 0 Å². The summed E-state index contributed by atoms with van der Waals surface area (Å²) in [5.41, 5.74) is 3.91. The van der Waals surface area contributed by atoms with Crippen LogP contribution in [-0.4, -0.2) is 9.78 Å². The summed E-state index contributed by atoms with van der Waals surface area (Å²) in [5.74, 6) is 0. The van der Waals surface area contributed by atoms with Crippen molar-refractivity contribution >= 4 is 31.9 Å². The van der Waals surface area contributed by atoms with E-state index in [0.717, 1.165) is 15.8 Å². The predicted octanol–water partition coefficient (Wildman–Crippen LogP) is 4.07. The minimum Gasteiger partial charge on any atom is -0.253 e. The topological polar surface area (TPSA) is 17.8 Å². The molecule has 2 nitrogen and oxygen atoms in total.